The second-order valence-corrected chi connectivity index (χ2v) is 3.88. The Bertz CT molecular complexity index is 465. The molecule has 0 aliphatic carbocycles. The maximum Gasteiger partial charge on any atom is 0.290 e. The predicted octanol–water partition coefficient (Wildman–Crippen LogP) is 1.59. The van der Waals surface area contributed by atoms with Crippen LogP contribution >= 0.6 is 23.2 Å². The van der Waals surface area contributed by atoms with Gasteiger partial charge in [-0.05, 0) is 6.07 Å². The molecule has 8 heteroatoms. The third kappa shape index (κ3) is 3.29. The van der Waals surface area contributed by atoms with Crippen molar-refractivity contribution in [3.63, 3.8) is 0 Å². The van der Waals surface area contributed by atoms with Gasteiger partial charge >= 0.3 is 0 Å². The number of nitrogens with two attached hydrogens (primary N) is 1. The van der Waals surface area contributed by atoms with Gasteiger partial charge in [-0.1, -0.05) is 23.2 Å². The summed E-state index contributed by atoms with van der Waals surface area (Å²) in [4.78, 5) is 21.5. The Hall–Kier alpha value is -1.37. The molecule has 92 valence electrons. The summed E-state index contributed by atoms with van der Waals surface area (Å²) in [5.74, 6) is -0.489. The smallest absolute Gasteiger partial charge is 0.290 e. The van der Waals surface area contributed by atoms with Crippen LogP contribution in [0.15, 0.2) is 12.1 Å². The Balaban J connectivity index is 3.10. The van der Waals surface area contributed by atoms with Crippen molar-refractivity contribution in [1.29, 1.82) is 0 Å². The first-order chi connectivity index (χ1) is 7.97. The van der Waals surface area contributed by atoms with E-state index in [1.54, 1.807) is 0 Å². The molecule has 1 amide bonds. The van der Waals surface area contributed by atoms with Gasteiger partial charge in [0.15, 0.2) is 0 Å². The number of hydrogen-bond donors (Lipinski definition) is 2. The lowest BCUT2D eigenvalue weighted by molar-refractivity contribution is -0.384. The first-order valence-electron chi connectivity index (χ1n) is 4.59. The third-order valence-corrected chi connectivity index (χ3v) is 2.69. The second-order valence-electron chi connectivity index (χ2n) is 3.09. The Morgan fingerprint density at radius 3 is 2.65 bits per heavy atom. The molecule has 0 atom stereocenters. The summed E-state index contributed by atoms with van der Waals surface area (Å²) in [6.07, 6.45) is 0. The highest BCUT2D eigenvalue weighted by atomic mass is 35.5. The number of benzene rings is 1. The van der Waals surface area contributed by atoms with Gasteiger partial charge in [0.25, 0.3) is 11.6 Å². The summed E-state index contributed by atoms with van der Waals surface area (Å²) in [7, 11) is 0. The maximum atomic E-state index is 11.6. The van der Waals surface area contributed by atoms with Crippen molar-refractivity contribution in [2.75, 3.05) is 13.1 Å². The fourth-order valence-electron chi connectivity index (χ4n) is 1.13. The van der Waals surface area contributed by atoms with Gasteiger partial charge in [-0.15, -0.1) is 0 Å². The fraction of sp³-hybridized carbons (Fsp3) is 0.222. The maximum absolute atomic E-state index is 11.6. The third-order valence-electron chi connectivity index (χ3n) is 1.90. The number of nitro benzene ring substituents is 1. The largest absolute Gasteiger partial charge is 0.351 e. The molecule has 0 aromatic heterocycles. The monoisotopic (exact) mass is 277 g/mol. The Labute approximate surface area is 107 Å². The highest BCUT2D eigenvalue weighted by Crippen LogP contribution is 2.32. The van der Waals surface area contributed by atoms with Crippen molar-refractivity contribution in [3.8, 4) is 0 Å². The van der Waals surface area contributed by atoms with E-state index in [1.165, 1.54) is 6.07 Å². The molecular weight excluding hydrogens is 269 g/mol. The van der Waals surface area contributed by atoms with Crippen molar-refractivity contribution in [2.45, 2.75) is 0 Å². The van der Waals surface area contributed by atoms with E-state index in [-0.39, 0.29) is 28.7 Å². The molecule has 1 aromatic rings. The summed E-state index contributed by atoms with van der Waals surface area (Å²) < 4.78 is 0. The van der Waals surface area contributed by atoms with Crippen LogP contribution in [0.1, 0.15) is 10.4 Å². The van der Waals surface area contributed by atoms with Crippen molar-refractivity contribution in [2.24, 2.45) is 5.73 Å². The summed E-state index contributed by atoms with van der Waals surface area (Å²) >= 11 is 11.3. The van der Waals surface area contributed by atoms with E-state index >= 15 is 0 Å². The molecule has 0 radical (unpaired) electrons. The molecular formula is C9H9Cl2N3O3. The SMILES string of the molecule is NCCNC(=O)c1cc(Cl)c(Cl)c([N+](=O)[O-])c1. The van der Waals surface area contributed by atoms with Gasteiger partial charge in [-0.2, -0.15) is 0 Å². The molecule has 0 saturated carbocycles. The Morgan fingerprint density at radius 2 is 2.12 bits per heavy atom. The van der Waals surface area contributed by atoms with E-state index in [9.17, 15) is 14.9 Å². The number of carbonyl (C=O) groups excluding carboxylic acids is 1. The molecule has 1 aromatic carbocycles. The van der Waals surface area contributed by atoms with Crippen molar-refractivity contribution in [3.05, 3.63) is 37.9 Å². The molecule has 0 aliphatic heterocycles. The van der Waals surface area contributed by atoms with E-state index in [4.69, 9.17) is 28.9 Å². The molecule has 17 heavy (non-hydrogen) atoms. The molecule has 6 nitrogen and oxygen atoms in total. The number of carbonyl (C=O) groups is 1. The van der Waals surface area contributed by atoms with Crippen LogP contribution in [-0.4, -0.2) is 23.9 Å². The standard InChI is InChI=1S/C9H9Cl2N3O3/c10-6-3-5(9(15)13-2-1-12)4-7(8(6)11)14(16)17/h3-4H,1-2,12H2,(H,13,15). The number of nitrogens with zero attached hydrogens (tertiary/aromatic N) is 1. The lowest BCUT2D eigenvalue weighted by Crippen LogP contribution is -2.29. The number of nitro groups is 1. The molecule has 0 bridgehead atoms. The summed E-state index contributed by atoms with van der Waals surface area (Å²) in [6.45, 7) is 0.544. The van der Waals surface area contributed by atoms with Gasteiger partial charge < -0.3 is 11.1 Å². The van der Waals surface area contributed by atoms with Crippen LogP contribution in [-0.2, 0) is 0 Å². The van der Waals surface area contributed by atoms with Gasteiger partial charge in [0.05, 0.1) is 9.95 Å². The summed E-state index contributed by atoms with van der Waals surface area (Å²) in [6, 6.07) is 2.34. The molecule has 0 fully saturated rings. The Morgan fingerprint density at radius 1 is 1.47 bits per heavy atom. The first kappa shape index (κ1) is 13.7. The van der Waals surface area contributed by atoms with Crippen LogP contribution < -0.4 is 11.1 Å². The molecule has 0 unspecified atom stereocenters. The number of halogens is 2. The fourth-order valence-corrected chi connectivity index (χ4v) is 1.52. The van der Waals surface area contributed by atoms with Crippen LogP contribution in [0.4, 0.5) is 5.69 Å². The van der Waals surface area contributed by atoms with Crippen LogP contribution in [0.5, 0.6) is 0 Å². The zero-order valence-corrected chi connectivity index (χ0v) is 10.1. The zero-order valence-electron chi connectivity index (χ0n) is 8.57. The van der Waals surface area contributed by atoms with Crippen molar-refractivity contribution in [1.82, 2.24) is 5.32 Å². The first-order valence-corrected chi connectivity index (χ1v) is 5.34. The minimum atomic E-state index is -0.700. The van der Waals surface area contributed by atoms with Gasteiger partial charge in [0, 0.05) is 24.7 Å². The van der Waals surface area contributed by atoms with Crippen molar-refractivity contribution < 1.29 is 9.72 Å². The molecule has 0 spiro atoms. The molecule has 0 saturated heterocycles. The van der Waals surface area contributed by atoms with Gasteiger partial charge in [0.1, 0.15) is 5.02 Å². The Kier molecular flexibility index (Phi) is 4.68. The average molecular weight is 278 g/mol. The zero-order chi connectivity index (χ0) is 13.0. The van der Waals surface area contributed by atoms with E-state index < -0.39 is 16.5 Å². The van der Waals surface area contributed by atoms with E-state index in [0.717, 1.165) is 6.07 Å². The molecule has 0 aliphatic rings. The number of amides is 1. The van der Waals surface area contributed by atoms with Gasteiger partial charge in [-0.25, -0.2) is 0 Å². The van der Waals surface area contributed by atoms with Crippen LogP contribution in [0.25, 0.3) is 0 Å². The lowest BCUT2D eigenvalue weighted by atomic mass is 10.2. The number of rotatable bonds is 4. The lowest BCUT2D eigenvalue weighted by Gasteiger charge is -2.05. The van der Waals surface area contributed by atoms with E-state index in [1.807, 2.05) is 0 Å². The quantitative estimate of drug-likeness (QED) is 0.645. The summed E-state index contributed by atoms with van der Waals surface area (Å²) in [5.41, 5.74) is 4.88. The molecule has 3 N–H and O–H groups in total. The van der Waals surface area contributed by atoms with Gasteiger partial charge in [0.2, 0.25) is 0 Å². The normalized spacial score (nSPS) is 10.1. The minimum Gasteiger partial charge on any atom is -0.351 e. The summed E-state index contributed by atoms with van der Waals surface area (Å²) in [5, 5.41) is 12.9. The molecule has 1 rings (SSSR count). The highest BCUT2D eigenvalue weighted by Gasteiger charge is 2.19. The highest BCUT2D eigenvalue weighted by molar-refractivity contribution is 6.43. The predicted molar refractivity (Wildman–Crippen MR) is 64.5 cm³/mol. The second kappa shape index (κ2) is 5.81. The van der Waals surface area contributed by atoms with Crippen LogP contribution in [0, 0.1) is 10.1 Å². The topological polar surface area (TPSA) is 98.3 Å². The van der Waals surface area contributed by atoms with Crippen LogP contribution in [0.3, 0.4) is 0 Å². The van der Waals surface area contributed by atoms with Crippen LogP contribution in [0.2, 0.25) is 10.0 Å². The molecule has 0 heterocycles. The minimum absolute atomic E-state index is 0.0428. The number of nitrogens with one attached hydrogen (secondary N) is 1. The van der Waals surface area contributed by atoms with Gasteiger partial charge in [-0.3, -0.25) is 14.9 Å². The van der Waals surface area contributed by atoms with E-state index in [0.29, 0.717) is 0 Å². The average Bonchev–Trinajstić information content (AvgIpc) is 2.28. The number of hydrogen-bond acceptors (Lipinski definition) is 4. The van der Waals surface area contributed by atoms with Crippen molar-refractivity contribution >= 4 is 34.8 Å². The van der Waals surface area contributed by atoms with E-state index in [2.05, 4.69) is 5.32 Å².